The van der Waals surface area contributed by atoms with Crippen LogP contribution < -0.4 is 15.0 Å². The fraction of sp³-hybridized carbons (Fsp3) is 0.146. The minimum absolute atomic E-state index is 0. The number of ketones is 9. The number of benzene rings is 3. The summed E-state index contributed by atoms with van der Waals surface area (Å²) in [4.78, 5) is 137. The van der Waals surface area contributed by atoms with Crippen molar-refractivity contribution in [3.05, 3.63) is 346 Å². The topological polar surface area (TPSA) is 315 Å². The van der Waals surface area contributed by atoms with Gasteiger partial charge in [-0.15, -0.1) is 0 Å². The van der Waals surface area contributed by atoms with Gasteiger partial charge in [-0.2, -0.15) is 35.1 Å². The first kappa shape index (κ1) is 132. The number of aromatic hydroxyl groups is 2. The first-order chi connectivity index (χ1) is 65.7. The van der Waals surface area contributed by atoms with Gasteiger partial charge in [0.2, 0.25) is 14.7 Å². The molecule has 0 bridgehead atoms. The molecule has 2 N–H and O–H groups in total. The number of hydrogen-bond donors (Lipinski definition) is 2. The van der Waals surface area contributed by atoms with E-state index in [0.717, 1.165) is 60.6 Å². The maximum absolute atomic E-state index is 13.7. The molecule has 0 atom stereocenters. The molecule has 0 spiro atoms. The minimum Gasteiger partial charge on any atom is -0.506 e. The summed E-state index contributed by atoms with van der Waals surface area (Å²) in [6.07, 6.45) is -0.480. The standard InChI is InChI=1S/C20H15FO2.C18H12O.C15H11F3O5S.C14H12O3.C8H12O4.C7H5ClO.C7H6O2.C6H4BrF.CH4.Cl2OS.S5.S4.S3.S2.H2S/c1-12(22)18-16-9-4-3-5-10-17(16)19(13(2)23)20(18)14-7-6-8-15(21)11-14;1-11-7-8-14-15(9-11)16-10-12-5-3-2-4-6-13(12)17(16)18(14)19;1-8(19)12-10-6-4-3-5-7-11(10)13(9(2)20)14(12)23-24(21,22)15(16,17)18;1-8(15)12-10-6-4-3-5-7-11(10)13(9(2)16)14(12)17;1-3-12-8(11)5-7(10)4-6(2)9;2*8-6-4-2-1-3-5-7(6)9;7-5-2-1-3-6(8)4-5;;1-4(2)3;1-3-5-4-2;1-3-4-2;1-3-2;1-2;/h3-11H,1-2H3;2-10H,1H3;3-7H,1-2H3;3-7,17H,1-2H3;3-5H2,1-2H3;1-5H;1-5H,(H,8,9);1-4H;1H4;;;;;;1H2. The third kappa shape index (κ3) is 43.2. The molecule has 746 valence electrons. The molecule has 0 aromatic heterocycles. The quantitative estimate of drug-likeness (QED) is 0.0194. The number of alkyl halides is 3. The number of carbonyl (C=O) groups excluding carboxylic acids is 10. The van der Waals surface area contributed by atoms with Crippen molar-refractivity contribution >= 4 is 283 Å². The average Bonchev–Trinajstić information content (AvgIpc) is 1.57. The number of ether oxygens (including phenoxy) is 1. The van der Waals surface area contributed by atoms with E-state index in [9.17, 15) is 93.0 Å². The van der Waals surface area contributed by atoms with Crippen molar-refractivity contribution < 1.29 is 102 Å². The minimum atomic E-state index is -6.03. The lowest BCUT2D eigenvalue weighted by Gasteiger charge is -2.11. The van der Waals surface area contributed by atoms with Gasteiger partial charge in [-0.3, -0.25) is 57.5 Å². The van der Waals surface area contributed by atoms with E-state index in [1.54, 1.807) is 104 Å². The van der Waals surface area contributed by atoms with Crippen molar-refractivity contribution in [3.63, 3.8) is 0 Å². The molecule has 0 unspecified atom stereocenters. The van der Waals surface area contributed by atoms with Crippen LogP contribution in [0, 0.1) is 18.6 Å². The van der Waals surface area contributed by atoms with Gasteiger partial charge in [0.15, 0.2) is 63.2 Å². The Bertz CT molecular complexity index is 6790. The smallest absolute Gasteiger partial charge is 0.506 e. The van der Waals surface area contributed by atoms with Crippen LogP contribution in [0.4, 0.5) is 22.0 Å². The van der Waals surface area contributed by atoms with E-state index in [-0.39, 0.29) is 147 Å². The molecule has 0 radical (unpaired) electrons. The highest BCUT2D eigenvalue weighted by molar-refractivity contribution is 9.10. The van der Waals surface area contributed by atoms with Gasteiger partial charge in [0.1, 0.15) is 29.6 Å². The molecule has 0 heterocycles. The Morgan fingerprint density at radius 1 is 0.447 bits per heavy atom. The molecular weight excluding hydrogens is 2280 g/mol. The first-order valence-corrected chi connectivity index (χ1v) is 57.5. The Balaban J connectivity index is 0.00000158. The molecule has 0 aliphatic heterocycles. The first-order valence-electron chi connectivity index (χ1n) is 38.8. The molecule has 9 aliphatic carbocycles. The van der Waals surface area contributed by atoms with Crippen molar-refractivity contribution in [1.29, 1.82) is 0 Å². The number of aryl methyl sites for hydroxylation is 1. The Morgan fingerprint density at radius 3 is 1.18 bits per heavy atom. The molecule has 9 aliphatic rings. The molecule has 5 aromatic rings. The van der Waals surface area contributed by atoms with Crippen molar-refractivity contribution in [3.8, 4) is 84.0 Å². The molecule has 0 saturated heterocycles. The summed E-state index contributed by atoms with van der Waals surface area (Å²) < 4.78 is 105. The van der Waals surface area contributed by atoms with Crippen LogP contribution in [0.2, 0.25) is 5.02 Å². The Hall–Kier alpha value is -9.33. The van der Waals surface area contributed by atoms with E-state index in [0.29, 0.717) is 44.5 Å². The number of hydrogen-bond acceptors (Lipinski definition) is 27. The third-order valence-corrected chi connectivity index (χ3v) is 26.0. The van der Waals surface area contributed by atoms with Gasteiger partial charge in [-0.25, -0.2) is 13.0 Å². The molecule has 5 aromatic carbocycles. The van der Waals surface area contributed by atoms with Gasteiger partial charge in [0.25, 0.3) is 0 Å². The van der Waals surface area contributed by atoms with Crippen LogP contribution in [-0.4, -0.2) is 93.0 Å². The summed E-state index contributed by atoms with van der Waals surface area (Å²) in [6.45, 7) is 13.1. The van der Waals surface area contributed by atoms with Gasteiger partial charge in [0.05, 0.1) is 40.3 Å². The highest BCUT2D eigenvalue weighted by Crippen LogP contribution is 2.48. The summed E-state index contributed by atoms with van der Waals surface area (Å²) >= 11 is 41.7. The van der Waals surface area contributed by atoms with Crippen LogP contribution in [0.5, 0.6) is 17.2 Å². The highest BCUT2D eigenvalue weighted by atomic mass is 79.9. The third-order valence-electron chi connectivity index (χ3n) is 17.6. The Labute approximate surface area is 899 Å². The van der Waals surface area contributed by atoms with Crippen molar-refractivity contribution in [1.82, 2.24) is 0 Å². The highest BCUT2D eigenvalue weighted by Gasteiger charge is 2.50. The van der Waals surface area contributed by atoms with Gasteiger partial charge >= 0.3 is 21.6 Å². The van der Waals surface area contributed by atoms with Crippen molar-refractivity contribution in [2.75, 3.05) is 6.61 Å². The summed E-state index contributed by atoms with van der Waals surface area (Å²) in [5, 5.41) is 19.0. The predicted molar refractivity (Wildman–Crippen MR) is 596 cm³/mol. The van der Waals surface area contributed by atoms with E-state index < -0.39 is 54.0 Å². The fourth-order valence-corrected chi connectivity index (χ4v) is 16.3. The zero-order valence-electron chi connectivity index (χ0n) is 74.1. The largest absolute Gasteiger partial charge is 0.534 e. The van der Waals surface area contributed by atoms with E-state index in [2.05, 4.69) is 161 Å². The summed E-state index contributed by atoms with van der Waals surface area (Å²) in [5.74, 6) is -5.18. The van der Waals surface area contributed by atoms with Crippen molar-refractivity contribution in [2.45, 2.75) is 88.1 Å². The molecule has 0 saturated carbocycles. The maximum atomic E-state index is 13.7. The van der Waals surface area contributed by atoms with E-state index >= 15 is 0 Å². The Morgan fingerprint density at radius 2 is 0.816 bits per heavy atom. The van der Waals surface area contributed by atoms with Crippen LogP contribution in [0.3, 0.4) is 0 Å². The summed E-state index contributed by atoms with van der Waals surface area (Å²) in [6, 6.07) is 71.6. The van der Waals surface area contributed by atoms with Crippen LogP contribution >= 0.6 is 62.4 Å². The SMILES string of the molecule is C.CC(=O)c1c2cccccc-2c(C(C)=O)c1-c1cccc(F)c1.CC(=O)c1c2cccccc-2c(C(C)=O)c1O.CC(=O)c1c2cccccc-2c(C(C)=O)c1OS(=O)(=O)C(F)(F)F.CCOC(=O)CC(=O)CC(C)=O.Cc1ccc2c(c1)-c1cc3cccccc-3c1C2=O.Fc1cccc(Br)c1.O=S(Cl)Cl.O=c1cccccc1Cl.O=c1cccccc1O.S.S=S.S=S=S.S=S=S=S.S=S=S=S=S. The van der Waals surface area contributed by atoms with Gasteiger partial charge < -0.3 is 19.1 Å². The monoisotopic (exact) mass is 2360 g/mol. The lowest BCUT2D eigenvalue weighted by molar-refractivity contribution is -0.145. The second kappa shape index (κ2) is 68.8. The molecule has 45 heteroatoms. The Kier molecular flexibility index (Phi) is 64.3. The zero-order chi connectivity index (χ0) is 105. The maximum Gasteiger partial charge on any atom is 0.534 e. The lowest BCUT2D eigenvalue weighted by Crippen LogP contribution is -2.28. The molecule has 14 rings (SSSR count). The van der Waals surface area contributed by atoms with Crippen LogP contribution in [0.25, 0.3) is 66.8 Å². The summed E-state index contributed by atoms with van der Waals surface area (Å²) in [7, 11) is 8.53. The number of esters is 1. The van der Waals surface area contributed by atoms with Crippen LogP contribution in [0.1, 0.15) is 159 Å². The van der Waals surface area contributed by atoms with E-state index in [4.69, 9.17) is 20.9 Å². The van der Waals surface area contributed by atoms with Crippen molar-refractivity contribution in [2.24, 2.45) is 0 Å². The number of fused-ring (bicyclic) bond motifs is 8. The zero-order valence-corrected chi connectivity index (χ0v) is 92.1. The second-order valence-corrected chi connectivity index (χ2v) is 43.2. The number of halogens is 9. The predicted octanol–water partition coefficient (Wildman–Crippen LogP) is 22.9. The van der Waals surface area contributed by atoms with E-state index in [1.165, 1.54) is 151 Å². The molecular formula is C96H83BrCl3F5O19S17. The van der Waals surface area contributed by atoms with Crippen LogP contribution in [-0.2, 0) is 181 Å². The van der Waals surface area contributed by atoms with Gasteiger partial charge in [0, 0.05) is 196 Å². The fourth-order valence-electron chi connectivity index (χ4n) is 12.6. The lowest BCUT2D eigenvalue weighted by atomic mass is 9.97. The van der Waals surface area contributed by atoms with Crippen LogP contribution in [0.15, 0.2) is 269 Å². The second-order valence-electron chi connectivity index (χ2n) is 27.2. The summed E-state index contributed by atoms with van der Waals surface area (Å²) in [5.41, 5.74) is 5.66. The molecule has 0 fully saturated rings. The number of carbonyl (C=O) groups is 10. The molecule has 0 amide bonds. The van der Waals surface area contributed by atoms with Gasteiger partial charge in [-0.05, 0) is 184 Å². The normalized spacial score (nSPS) is 9.94. The molecule has 19 nitrogen and oxygen atoms in total. The average molecular weight is 2370 g/mol. The van der Waals surface area contributed by atoms with Gasteiger partial charge in [-0.1, -0.05) is 235 Å². The number of rotatable bonds is 14. The molecule has 141 heavy (non-hydrogen) atoms. The number of Topliss-reactive ketones (excluding diaryl/α,β-unsaturated/α-hetero) is 8. The van der Waals surface area contributed by atoms with E-state index in [1.807, 2.05) is 72.8 Å².